The summed E-state index contributed by atoms with van der Waals surface area (Å²) in [6.45, 7) is 0.343. The normalized spacial score (nSPS) is 10.4. The van der Waals surface area contributed by atoms with E-state index >= 15 is 0 Å². The summed E-state index contributed by atoms with van der Waals surface area (Å²) >= 11 is 6.93. The summed E-state index contributed by atoms with van der Waals surface area (Å²) in [7, 11) is 3.07. The summed E-state index contributed by atoms with van der Waals surface area (Å²) in [6.07, 6.45) is 0. The van der Waals surface area contributed by atoms with Crippen molar-refractivity contribution in [2.24, 2.45) is 0 Å². The molecular formula is C21H20ClFN4O4S. The molecule has 0 spiro atoms. The monoisotopic (exact) mass is 478 g/mol. The molecule has 3 amide bonds. The van der Waals surface area contributed by atoms with Crippen LogP contribution in [0.25, 0.3) is 0 Å². The van der Waals surface area contributed by atoms with Crippen molar-refractivity contribution in [1.82, 2.24) is 15.6 Å². The van der Waals surface area contributed by atoms with Crippen LogP contribution in [-0.2, 0) is 13.1 Å². The molecule has 0 atom stereocenters. The van der Waals surface area contributed by atoms with E-state index in [1.165, 1.54) is 30.6 Å². The van der Waals surface area contributed by atoms with Gasteiger partial charge in [-0.3, -0.25) is 4.79 Å². The first-order valence-electron chi connectivity index (χ1n) is 9.33. The van der Waals surface area contributed by atoms with Gasteiger partial charge in [-0.2, -0.15) is 0 Å². The van der Waals surface area contributed by atoms with Gasteiger partial charge in [0.25, 0.3) is 5.91 Å². The fourth-order valence-electron chi connectivity index (χ4n) is 2.76. The minimum Gasteiger partial charge on any atom is -0.493 e. The lowest BCUT2D eigenvalue weighted by molar-refractivity contribution is 0.0946. The van der Waals surface area contributed by atoms with Gasteiger partial charge < -0.3 is 25.4 Å². The van der Waals surface area contributed by atoms with Crippen LogP contribution in [0, 0.1) is 5.82 Å². The average Bonchev–Trinajstić information content (AvgIpc) is 3.27. The quantitative estimate of drug-likeness (QED) is 0.450. The smallest absolute Gasteiger partial charge is 0.319 e. The molecule has 1 heterocycles. The van der Waals surface area contributed by atoms with Crippen molar-refractivity contribution in [3.8, 4) is 11.5 Å². The number of anilines is 1. The molecule has 2 aromatic carbocycles. The van der Waals surface area contributed by atoms with E-state index in [0.29, 0.717) is 22.2 Å². The summed E-state index contributed by atoms with van der Waals surface area (Å²) in [5.41, 5.74) is 1.34. The van der Waals surface area contributed by atoms with Crippen LogP contribution in [-0.4, -0.2) is 31.1 Å². The molecule has 8 nitrogen and oxygen atoms in total. The molecule has 1 aromatic heterocycles. The van der Waals surface area contributed by atoms with Crippen molar-refractivity contribution in [3.63, 3.8) is 0 Å². The molecular weight excluding hydrogens is 459 g/mol. The highest BCUT2D eigenvalue weighted by Crippen LogP contribution is 2.30. The number of urea groups is 1. The van der Waals surface area contributed by atoms with Gasteiger partial charge >= 0.3 is 6.03 Å². The van der Waals surface area contributed by atoms with Crippen LogP contribution in [0.4, 0.5) is 14.9 Å². The number of carbonyl (C=O) groups is 2. The number of aromatic nitrogens is 1. The van der Waals surface area contributed by atoms with Crippen molar-refractivity contribution >= 4 is 40.6 Å². The first kappa shape index (κ1) is 23.3. The fraction of sp³-hybridized carbons (Fsp3) is 0.190. The summed E-state index contributed by atoms with van der Waals surface area (Å²) in [5.74, 6) is 0.188. The van der Waals surface area contributed by atoms with Crippen LogP contribution >= 0.6 is 22.9 Å². The number of nitrogens with zero attached hydrogens (tertiary/aromatic N) is 1. The molecule has 0 aliphatic rings. The highest BCUT2D eigenvalue weighted by molar-refractivity contribution is 7.09. The molecule has 32 heavy (non-hydrogen) atoms. The molecule has 0 saturated heterocycles. The number of methoxy groups -OCH3 is 2. The lowest BCUT2D eigenvalue weighted by Gasteiger charge is -2.12. The SMILES string of the molecule is COc1cccc(CNC(=O)c2csc(CNC(=O)Nc3ccc(F)c(Cl)c3)n2)c1OC. The summed E-state index contributed by atoms with van der Waals surface area (Å²) in [5, 5.41) is 10.0. The van der Waals surface area contributed by atoms with E-state index < -0.39 is 11.8 Å². The van der Waals surface area contributed by atoms with E-state index in [9.17, 15) is 14.0 Å². The molecule has 0 fully saturated rings. The Balaban J connectivity index is 1.52. The number of thiazole rings is 1. The van der Waals surface area contributed by atoms with Gasteiger partial charge in [0.05, 0.1) is 25.8 Å². The zero-order valence-electron chi connectivity index (χ0n) is 17.2. The molecule has 3 rings (SSSR count). The Morgan fingerprint density at radius 2 is 1.94 bits per heavy atom. The Hall–Kier alpha value is -3.37. The maximum Gasteiger partial charge on any atom is 0.319 e. The van der Waals surface area contributed by atoms with Crippen LogP contribution < -0.4 is 25.4 Å². The predicted molar refractivity (Wildman–Crippen MR) is 120 cm³/mol. The van der Waals surface area contributed by atoms with Crippen molar-refractivity contribution in [3.05, 3.63) is 68.9 Å². The van der Waals surface area contributed by atoms with Gasteiger partial charge in [-0.25, -0.2) is 14.2 Å². The third-order valence-electron chi connectivity index (χ3n) is 4.29. The van der Waals surface area contributed by atoms with Gasteiger partial charge in [0.15, 0.2) is 11.5 Å². The highest BCUT2D eigenvalue weighted by Gasteiger charge is 2.14. The number of rotatable bonds is 8. The zero-order valence-corrected chi connectivity index (χ0v) is 18.8. The number of amides is 3. The average molecular weight is 479 g/mol. The van der Waals surface area contributed by atoms with E-state index in [0.717, 1.165) is 11.6 Å². The van der Waals surface area contributed by atoms with Crippen molar-refractivity contribution in [2.75, 3.05) is 19.5 Å². The molecule has 0 bridgehead atoms. The number of hydrogen-bond acceptors (Lipinski definition) is 6. The van der Waals surface area contributed by atoms with E-state index in [4.69, 9.17) is 21.1 Å². The van der Waals surface area contributed by atoms with E-state index in [2.05, 4.69) is 20.9 Å². The van der Waals surface area contributed by atoms with Crippen LogP contribution in [0.15, 0.2) is 41.8 Å². The predicted octanol–water partition coefficient (Wildman–Crippen LogP) is 4.20. The van der Waals surface area contributed by atoms with E-state index in [1.54, 1.807) is 24.6 Å². The first-order valence-corrected chi connectivity index (χ1v) is 10.6. The Morgan fingerprint density at radius 3 is 2.66 bits per heavy atom. The number of carbonyl (C=O) groups excluding carboxylic acids is 2. The molecule has 0 aliphatic heterocycles. The standard InChI is InChI=1S/C21H20ClFN4O4S/c1-30-17-5-3-4-12(19(17)31-2)9-24-20(28)16-11-32-18(27-16)10-25-21(29)26-13-6-7-15(23)14(22)8-13/h3-8,11H,9-10H2,1-2H3,(H,24,28)(H2,25,26,29). The largest absolute Gasteiger partial charge is 0.493 e. The van der Waals surface area contributed by atoms with Crippen LogP contribution in [0.3, 0.4) is 0 Å². The second-order valence-corrected chi connectivity index (χ2v) is 7.75. The molecule has 3 aromatic rings. The van der Waals surface area contributed by atoms with Gasteiger partial charge in [-0.05, 0) is 24.3 Å². The summed E-state index contributed by atoms with van der Waals surface area (Å²) < 4.78 is 23.8. The van der Waals surface area contributed by atoms with Crippen LogP contribution in [0.1, 0.15) is 21.1 Å². The third-order valence-corrected chi connectivity index (χ3v) is 5.42. The van der Waals surface area contributed by atoms with Gasteiger partial charge in [-0.15, -0.1) is 11.3 Å². The van der Waals surface area contributed by atoms with Gasteiger partial charge in [0.1, 0.15) is 16.5 Å². The minimum atomic E-state index is -0.573. The first-order chi connectivity index (χ1) is 15.4. The highest BCUT2D eigenvalue weighted by atomic mass is 35.5. The Morgan fingerprint density at radius 1 is 1.12 bits per heavy atom. The second kappa shape index (κ2) is 10.8. The topological polar surface area (TPSA) is 102 Å². The van der Waals surface area contributed by atoms with Crippen LogP contribution in [0.2, 0.25) is 5.02 Å². The zero-order chi connectivity index (χ0) is 23.1. The number of halogens is 2. The lowest BCUT2D eigenvalue weighted by Crippen LogP contribution is -2.28. The molecule has 168 valence electrons. The van der Waals surface area contributed by atoms with Crippen molar-refractivity contribution in [2.45, 2.75) is 13.1 Å². The van der Waals surface area contributed by atoms with E-state index in [1.807, 2.05) is 6.07 Å². The number of hydrogen-bond donors (Lipinski definition) is 3. The van der Waals surface area contributed by atoms with Crippen molar-refractivity contribution in [1.29, 1.82) is 0 Å². The van der Waals surface area contributed by atoms with Crippen molar-refractivity contribution < 1.29 is 23.5 Å². The maximum absolute atomic E-state index is 13.2. The number of ether oxygens (including phenoxy) is 2. The number of benzene rings is 2. The summed E-state index contributed by atoms with van der Waals surface area (Å²) in [4.78, 5) is 28.7. The molecule has 0 aliphatic carbocycles. The van der Waals surface area contributed by atoms with Crippen LogP contribution in [0.5, 0.6) is 11.5 Å². The molecule has 3 N–H and O–H groups in total. The molecule has 0 saturated carbocycles. The molecule has 0 radical (unpaired) electrons. The van der Waals surface area contributed by atoms with E-state index in [-0.39, 0.29) is 29.7 Å². The number of para-hydroxylation sites is 1. The maximum atomic E-state index is 13.2. The Labute approximate surface area is 192 Å². The third kappa shape index (κ3) is 5.86. The van der Waals surface area contributed by atoms with Gasteiger partial charge in [0.2, 0.25) is 0 Å². The van der Waals surface area contributed by atoms with Gasteiger partial charge in [-0.1, -0.05) is 23.7 Å². The fourth-order valence-corrected chi connectivity index (χ4v) is 3.65. The minimum absolute atomic E-state index is 0.0926. The Kier molecular flexibility index (Phi) is 7.85. The molecule has 0 unspecified atom stereocenters. The molecule has 11 heteroatoms. The lowest BCUT2D eigenvalue weighted by atomic mass is 10.2. The number of nitrogens with one attached hydrogen (secondary N) is 3. The second-order valence-electron chi connectivity index (χ2n) is 6.40. The van der Waals surface area contributed by atoms with Gasteiger partial charge in [0, 0.05) is 23.2 Å². The Bertz CT molecular complexity index is 1120. The summed E-state index contributed by atoms with van der Waals surface area (Å²) in [6, 6.07) is 8.74.